The fourth-order valence-corrected chi connectivity index (χ4v) is 4.23. The quantitative estimate of drug-likeness (QED) is 0.677. The standard InChI is InChI=1S/C24H33N7O/c1-6-20-26-22(29-12-9-13-30(15-14-29)24(32)25-16(2)3)21-18(5)28-31(23(21)27-20)19-11-8-7-10-17(19)4/h7-8,10-11,16H,6,9,12-15H2,1-5H3,(H,25,32). The molecule has 3 aromatic rings. The Morgan fingerprint density at radius 1 is 1.09 bits per heavy atom. The highest BCUT2D eigenvalue weighted by Gasteiger charge is 2.25. The zero-order valence-corrected chi connectivity index (χ0v) is 19.7. The van der Waals surface area contributed by atoms with E-state index in [2.05, 4.69) is 36.2 Å². The minimum absolute atomic E-state index is 0.00693. The van der Waals surface area contributed by atoms with Crippen LogP contribution in [-0.4, -0.2) is 62.9 Å². The fraction of sp³-hybridized carbons (Fsp3) is 0.500. The van der Waals surface area contributed by atoms with Gasteiger partial charge in [0, 0.05) is 38.6 Å². The molecule has 2 aromatic heterocycles. The molecule has 0 radical (unpaired) electrons. The van der Waals surface area contributed by atoms with Crippen LogP contribution in [0.2, 0.25) is 0 Å². The Morgan fingerprint density at radius 3 is 2.59 bits per heavy atom. The molecule has 1 N–H and O–H groups in total. The number of urea groups is 1. The van der Waals surface area contributed by atoms with E-state index in [1.54, 1.807) is 0 Å². The molecular weight excluding hydrogens is 402 g/mol. The molecule has 1 aliphatic rings. The van der Waals surface area contributed by atoms with E-state index < -0.39 is 0 Å². The van der Waals surface area contributed by atoms with Gasteiger partial charge < -0.3 is 15.1 Å². The van der Waals surface area contributed by atoms with Crippen molar-refractivity contribution >= 4 is 22.9 Å². The van der Waals surface area contributed by atoms with Crippen molar-refractivity contribution in [3.05, 3.63) is 41.3 Å². The number of amides is 2. The third-order valence-corrected chi connectivity index (χ3v) is 5.88. The van der Waals surface area contributed by atoms with Gasteiger partial charge in [-0.25, -0.2) is 19.4 Å². The Balaban J connectivity index is 1.73. The molecule has 0 aliphatic carbocycles. The zero-order chi connectivity index (χ0) is 22.8. The van der Waals surface area contributed by atoms with Gasteiger partial charge in [-0.3, -0.25) is 0 Å². The lowest BCUT2D eigenvalue weighted by atomic mass is 10.2. The molecule has 1 aliphatic heterocycles. The van der Waals surface area contributed by atoms with E-state index in [-0.39, 0.29) is 12.1 Å². The van der Waals surface area contributed by atoms with Gasteiger partial charge in [-0.05, 0) is 45.7 Å². The molecule has 8 nitrogen and oxygen atoms in total. The van der Waals surface area contributed by atoms with Gasteiger partial charge in [-0.15, -0.1) is 0 Å². The average molecular weight is 436 g/mol. The van der Waals surface area contributed by atoms with Crippen LogP contribution < -0.4 is 10.2 Å². The Bertz CT molecular complexity index is 1120. The van der Waals surface area contributed by atoms with Gasteiger partial charge in [0.2, 0.25) is 0 Å². The first-order valence-electron chi connectivity index (χ1n) is 11.5. The topological polar surface area (TPSA) is 79.2 Å². The second-order valence-corrected chi connectivity index (χ2v) is 8.73. The highest BCUT2D eigenvalue weighted by molar-refractivity contribution is 5.91. The summed E-state index contributed by atoms with van der Waals surface area (Å²) in [5, 5.41) is 8.86. The lowest BCUT2D eigenvalue weighted by molar-refractivity contribution is 0.199. The van der Waals surface area contributed by atoms with Crippen molar-refractivity contribution in [2.24, 2.45) is 0 Å². The van der Waals surface area contributed by atoms with E-state index in [0.29, 0.717) is 6.54 Å². The molecule has 0 unspecified atom stereocenters. The summed E-state index contributed by atoms with van der Waals surface area (Å²) in [4.78, 5) is 26.5. The molecule has 32 heavy (non-hydrogen) atoms. The maximum Gasteiger partial charge on any atom is 0.317 e. The SMILES string of the molecule is CCc1nc(N2CCCN(C(=O)NC(C)C)CC2)c2c(C)nn(-c3ccccc3C)c2n1. The molecule has 4 rings (SSSR count). The van der Waals surface area contributed by atoms with E-state index in [9.17, 15) is 4.79 Å². The summed E-state index contributed by atoms with van der Waals surface area (Å²) in [7, 11) is 0. The largest absolute Gasteiger partial charge is 0.354 e. The first-order valence-corrected chi connectivity index (χ1v) is 11.5. The summed E-state index contributed by atoms with van der Waals surface area (Å²) in [6.07, 6.45) is 1.64. The summed E-state index contributed by atoms with van der Waals surface area (Å²) in [5.74, 6) is 1.73. The lowest BCUT2D eigenvalue weighted by Crippen LogP contribution is -2.44. The smallest absolute Gasteiger partial charge is 0.317 e. The molecule has 3 heterocycles. The molecule has 0 bridgehead atoms. The third kappa shape index (κ3) is 4.26. The molecule has 2 amide bonds. The van der Waals surface area contributed by atoms with Crippen LogP contribution in [0.5, 0.6) is 0 Å². The number of para-hydroxylation sites is 1. The van der Waals surface area contributed by atoms with E-state index in [0.717, 1.165) is 72.1 Å². The molecule has 170 valence electrons. The van der Waals surface area contributed by atoms with E-state index in [4.69, 9.17) is 15.1 Å². The van der Waals surface area contributed by atoms with E-state index in [1.165, 1.54) is 0 Å². The number of carbonyl (C=O) groups is 1. The van der Waals surface area contributed by atoms with Gasteiger partial charge in [0.15, 0.2) is 5.65 Å². The van der Waals surface area contributed by atoms with Crippen LogP contribution in [-0.2, 0) is 6.42 Å². The summed E-state index contributed by atoms with van der Waals surface area (Å²) in [5.41, 5.74) is 3.94. The number of nitrogens with zero attached hydrogens (tertiary/aromatic N) is 6. The number of anilines is 1. The minimum Gasteiger partial charge on any atom is -0.354 e. The monoisotopic (exact) mass is 435 g/mol. The van der Waals surface area contributed by atoms with Crippen molar-refractivity contribution in [3.8, 4) is 5.69 Å². The van der Waals surface area contributed by atoms with Crippen molar-refractivity contribution in [2.75, 3.05) is 31.1 Å². The zero-order valence-electron chi connectivity index (χ0n) is 19.7. The highest BCUT2D eigenvalue weighted by atomic mass is 16.2. The van der Waals surface area contributed by atoms with Crippen LogP contribution in [0.3, 0.4) is 0 Å². The maximum atomic E-state index is 12.5. The van der Waals surface area contributed by atoms with Gasteiger partial charge in [0.1, 0.15) is 11.6 Å². The predicted octanol–water partition coefficient (Wildman–Crippen LogP) is 3.62. The Hall–Kier alpha value is -3.16. The van der Waals surface area contributed by atoms with Gasteiger partial charge in [-0.1, -0.05) is 25.1 Å². The number of benzene rings is 1. The number of carbonyl (C=O) groups excluding carboxylic acids is 1. The Morgan fingerprint density at radius 2 is 1.88 bits per heavy atom. The first-order chi connectivity index (χ1) is 15.4. The normalized spacial score (nSPS) is 14.8. The van der Waals surface area contributed by atoms with Crippen LogP contribution in [0.4, 0.5) is 10.6 Å². The number of fused-ring (bicyclic) bond motifs is 1. The first kappa shape index (κ1) is 22.0. The predicted molar refractivity (Wildman–Crippen MR) is 128 cm³/mol. The third-order valence-electron chi connectivity index (χ3n) is 5.88. The number of hydrogen-bond acceptors (Lipinski definition) is 5. The number of hydrogen-bond donors (Lipinski definition) is 1. The van der Waals surface area contributed by atoms with Crippen LogP contribution >= 0.6 is 0 Å². The number of aryl methyl sites for hydroxylation is 3. The second kappa shape index (κ2) is 9.14. The second-order valence-electron chi connectivity index (χ2n) is 8.73. The molecule has 8 heteroatoms. The Labute approximate surface area is 189 Å². The molecule has 1 aromatic carbocycles. The van der Waals surface area contributed by atoms with Gasteiger partial charge in [0.05, 0.1) is 16.8 Å². The van der Waals surface area contributed by atoms with Gasteiger partial charge >= 0.3 is 6.03 Å². The summed E-state index contributed by atoms with van der Waals surface area (Å²) < 4.78 is 1.95. The molecule has 0 spiro atoms. The Kier molecular flexibility index (Phi) is 6.30. The molecule has 0 atom stereocenters. The minimum atomic E-state index is 0.00693. The van der Waals surface area contributed by atoms with Gasteiger partial charge in [0.25, 0.3) is 0 Å². The summed E-state index contributed by atoms with van der Waals surface area (Å²) in [6.45, 7) is 13.1. The summed E-state index contributed by atoms with van der Waals surface area (Å²) >= 11 is 0. The number of aromatic nitrogens is 4. The summed E-state index contributed by atoms with van der Waals surface area (Å²) in [6, 6.07) is 8.36. The van der Waals surface area contributed by atoms with E-state index in [1.807, 2.05) is 42.5 Å². The number of nitrogens with one attached hydrogen (secondary N) is 1. The highest BCUT2D eigenvalue weighted by Crippen LogP contribution is 2.30. The average Bonchev–Trinajstić information content (AvgIpc) is 2.94. The van der Waals surface area contributed by atoms with Crippen molar-refractivity contribution < 1.29 is 4.79 Å². The van der Waals surface area contributed by atoms with Crippen LogP contribution in [0.25, 0.3) is 16.7 Å². The lowest BCUT2D eigenvalue weighted by Gasteiger charge is -2.24. The van der Waals surface area contributed by atoms with Crippen molar-refractivity contribution in [2.45, 2.75) is 53.5 Å². The van der Waals surface area contributed by atoms with Crippen LogP contribution in [0, 0.1) is 13.8 Å². The molecule has 0 saturated carbocycles. The molecule has 1 saturated heterocycles. The fourth-order valence-electron chi connectivity index (χ4n) is 4.23. The van der Waals surface area contributed by atoms with Crippen molar-refractivity contribution in [3.63, 3.8) is 0 Å². The molecular formula is C24H33N7O. The van der Waals surface area contributed by atoms with E-state index >= 15 is 0 Å². The van der Waals surface area contributed by atoms with Crippen LogP contribution in [0.15, 0.2) is 24.3 Å². The van der Waals surface area contributed by atoms with Crippen LogP contribution in [0.1, 0.15) is 44.3 Å². The number of rotatable bonds is 4. The maximum absolute atomic E-state index is 12.5. The van der Waals surface area contributed by atoms with Crippen molar-refractivity contribution in [1.29, 1.82) is 0 Å². The van der Waals surface area contributed by atoms with Crippen molar-refractivity contribution in [1.82, 2.24) is 30.0 Å². The van der Waals surface area contributed by atoms with Gasteiger partial charge in [-0.2, -0.15) is 5.10 Å². The molecule has 1 fully saturated rings.